The van der Waals surface area contributed by atoms with Crippen molar-refractivity contribution in [2.75, 3.05) is 12.3 Å². The van der Waals surface area contributed by atoms with E-state index in [0.717, 1.165) is 12.3 Å². The predicted octanol–water partition coefficient (Wildman–Crippen LogP) is 1.71. The largest absolute Gasteiger partial charge is 0.338 e. The SMILES string of the molecule is CC1SCCN(C(=O)C2C3CCC(C3)C2N)C1C. The van der Waals surface area contributed by atoms with Crippen LogP contribution in [0.15, 0.2) is 0 Å². The van der Waals surface area contributed by atoms with Crippen LogP contribution in [0.3, 0.4) is 0 Å². The number of carbonyl (C=O) groups is 1. The fraction of sp³-hybridized carbons (Fsp3) is 0.929. The zero-order valence-corrected chi connectivity index (χ0v) is 12.2. The van der Waals surface area contributed by atoms with E-state index < -0.39 is 0 Å². The molecule has 102 valence electrons. The summed E-state index contributed by atoms with van der Waals surface area (Å²) in [6.07, 6.45) is 3.67. The van der Waals surface area contributed by atoms with Gasteiger partial charge in [-0.2, -0.15) is 11.8 Å². The van der Waals surface area contributed by atoms with Gasteiger partial charge in [0.2, 0.25) is 5.91 Å². The lowest BCUT2D eigenvalue weighted by Crippen LogP contribution is -2.54. The monoisotopic (exact) mass is 268 g/mol. The molecule has 18 heavy (non-hydrogen) atoms. The van der Waals surface area contributed by atoms with Crippen molar-refractivity contribution in [2.45, 2.75) is 50.4 Å². The number of hydrogen-bond donors (Lipinski definition) is 1. The van der Waals surface area contributed by atoms with Crippen molar-refractivity contribution in [2.24, 2.45) is 23.5 Å². The van der Waals surface area contributed by atoms with E-state index in [4.69, 9.17) is 5.73 Å². The fourth-order valence-corrected chi connectivity index (χ4v) is 5.24. The lowest BCUT2D eigenvalue weighted by atomic mass is 9.83. The molecule has 3 fully saturated rings. The van der Waals surface area contributed by atoms with Gasteiger partial charge in [-0.05, 0) is 38.0 Å². The Morgan fingerprint density at radius 2 is 2.00 bits per heavy atom. The number of fused-ring (bicyclic) bond motifs is 2. The van der Waals surface area contributed by atoms with Crippen LogP contribution < -0.4 is 5.73 Å². The normalized spacial score (nSPS) is 47.6. The summed E-state index contributed by atoms with van der Waals surface area (Å²) in [5.74, 6) is 2.76. The molecule has 6 atom stereocenters. The third-order valence-electron chi connectivity index (χ3n) is 5.43. The Morgan fingerprint density at radius 1 is 1.28 bits per heavy atom. The minimum Gasteiger partial charge on any atom is -0.338 e. The first-order chi connectivity index (χ1) is 8.59. The number of hydrogen-bond acceptors (Lipinski definition) is 3. The van der Waals surface area contributed by atoms with Gasteiger partial charge >= 0.3 is 0 Å². The minimum absolute atomic E-state index is 0.126. The summed E-state index contributed by atoms with van der Waals surface area (Å²) < 4.78 is 0. The van der Waals surface area contributed by atoms with E-state index in [2.05, 4.69) is 18.7 Å². The van der Waals surface area contributed by atoms with Crippen LogP contribution in [0.2, 0.25) is 0 Å². The Balaban J connectivity index is 1.74. The molecule has 0 aromatic heterocycles. The highest BCUT2D eigenvalue weighted by atomic mass is 32.2. The minimum atomic E-state index is 0.126. The molecule has 1 amide bonds. The van der Waals surface area contributed by atoms with Gasteiger partial charge in [0, 0.05) is 29.6 Å². The smallest absolute Gasteiger partial charge is 0.227 e. The first-order valence-corrected chi connectivity index (χ1v) is 8.32. The number of nitrogens with zero attached hydrogens (tertiary/aromatic N) is 1. The van der Waals surface area contributed by atoms with E-state index in [1.54, 1.807) is 0 Å². The van der Waals surface area contributed by atoms with Crippen LogP contribution in [0.5, 0.6) is 0 Å². The first-order valence-electron chi connectivity index (χ1n) is 7.27. The Hall–Kier alpha value is -0.220. The van der Waals surface area contributed by atoms with Crippen LogP contribution in [0.1, 0.15) is 33.1 Å². The Morgan fingerprint density at radius 3 is 2.67 bits per heavy atom. The zero-order valence-electron chi connectivity index (χ0n) is 11.3. The molecular formula is C14H24N2OS. The Kier molecular flexibility index (Phi) is 3.35. The number of amides is 1. The molecule has 2 N–H and O–H groups in total. The van der Waals surface area contributed by atoms with Gasteiger partial charge in [-0.1, -0.05) is 6.92 Å². The molecule has 3 rings (SSSR count). The third kappa shape index (κ3) is 1.88. The molecule has 3 aliphatic rings. The Labute approximate surface area is 114 Å². The van der Waals surface area contributed by atoms with Gasteiger partial charge in [0.15, 0.2) is 0 Å². The van der Waals surface area contributed by atoms with Gasteiger partial charge in [-0.25, -0.2) is 0 Å². The van der Waals surface area contributed by atoms with E-state index in [1.807, 2.05) is 11.8 Å². The van der Waals surface area contributed by atoms with Crippen molar-refractivity contribution in [1.82, 2.24) is 4.90 Å². The maximum Gasteiger partial charge on any atom is 0.227 e. The third-order valence-corrected chi connectivity index (χ3v) is 6.77. The number of thioether (sulfide) groups is 1. The van der Waals surface area contributed by atoms with Crippen LogP contribution in [0.4, 0.5) is 0 Å². The highest BCUT2D eigenvalue weighted by Gasteiger charge is 2.50. The van der Waals surface area contributed by atoms with Gasteiger partial charge < -0.3 is 10.6 Å². The van der Waals surface area contributed by atoms with Crippen molar-refractivity contribution in [1.29, 1.82) is 0 Å². The molecule has 1 saturated heterocycles. The van der Waals surface area contributed by atoms with Crippen molar-refractivity contribution in [3.05, 3.63) is 0 Å². The van der Waals surface area contributed by atoms with Gasteiger partial charge in [0.25, 0.3) is 0 Å². The number of rotatable bonds is 1. The van der Waals surface area contributed by atoms with E-state index in [1.165, 1.54) is 19.3 Å². The second kappa shape index (κ2) is 4.71. The molecule has 0 radical (unpaired) electrons. The summed E-state index contributed by atoms with van der Waals surface area (Å²) in [5, 5.41) is 0.553. The molecule has 0 aromatic carbocycles. The highest BCUT2D eigenvalue weighted by Crippen LogP contribution is 2.48. The second-order valence-electron chi connectivity index (χ2n) is 6.28. The number of nitrogens with two attached hydrogens (primary N) is 1. The Bertz CT molecular complexity index is 347. The molecule has 2 saturated carbocycles. The summed E-state index contributed by atoms with van der Waals surface area (Å²) in [4.78, 5) is 14.9. The second-order valence-corrected chi connectivity index (χ2v) is 7.77. The lowest BCUT2D eigenvalue weighted by Gasteiger charge is -2.41. The fourth-order valence-electron chi connectivity index (χ4n) is 4.14. The maximum atomic E-state index is 12.8. The first kappa shape index (κ1) is 12.8. The van der Waals surface area contributed by atoms with E-state index in [0.29, 0.717) is 29.0 Å². The summed E-state index contributed by atoms with van der Waals surface area (Å²) in [6.45, 7) is 5.33. The molecular weight excluding hydrogens is 244 g/mol. The van der Waals surface area contributed by atoms with E-state index in [9.17, 15) is 4.79 Å². The van der Waals surface area contributed by atoms with Crippen LogP contribution in [0.25, 0.3) is 0 Å². The highest BCUT2D eigenvalue weighted by molar-refractivity contribution is 8.00. The van der Waals surface area contributed by atoms with Gasteiger partial charge in [0.05, 0.1) is 5.92 Å². The molecule has 0 spiro atoms. The van der Waals surface area contributed by atoms with Crippen LogP contribution in [-0.2, 0) is 4.79 Å². The molecule has 2 aliphatic carbocycles. The average Bonchev–Trinajstić information content (AvgIpc) is 2.92. The lowest BCUT2D eigenvalue weighted by molar-refractivity contribution is -0.139. The van der Waals surface area contributed by atoms with E-state index >= 15 is 0 Å². The molecule has 4 heteroatoms. The molecule has 6 unspecified atom stereocenters. The van der Waals surface area contributed by atoms with Gasteiger partial charge in [-0.15, -0.1) is 0 Å². The maximum absolute atomic E-state index is 12.8. The predicted molar refractivity (Wildman–Crippen MR) is 75.4 cm³/mol. The summed E-state index contributed by atoms with van der Waals surface area (Å²) in [6, 6.07) is 0.496. The summed E-state index contributed by atoms with van der Waals surface area (Å²) in [5.41, 5.74) is 6.30. The van der Waals surface area contributed by atoms with Crippen molar-refractivity contribution in [3.63, 3.8) is 0 Å². The molecule has 1 heterocycles. The van der Waals surface area contributed by atoms with Gasteiger partial charge in [0.1, 0.15) is 0 Å². The molecule has 3 nitrogen and oxygen atoms in total. The summed E-state index contributed by atoms with van der Waals surface area (Å²) >= 11 is 1.98. The van der Waals surface area contributed by atoms with Gasteiger partial charge in [-0.3, -0.25) is 4.79 Å². The standard InChI is InChI=1S/C14H24N2OS/c1-8-9(2)18-6-5-16(8)14(17)12-10-3-4-11(7-10)13(12)15/h8-13H,3-7,15H2,1-2H3. The van der Waals surface area contributed by atoms with Crippen molar-refractivity contribution >= 4 is 17.7 Å². The molecule has 1 aliphatic heterocycles. The van der Waals surface area contributed by atoms with E-state index in [-0.39, 0.29) is 12.0 Å². The topological polar surface area (TPSA) is 46.3 Å². The van der Waals surface area contributed by atoms with Crippen LogP contribution >= 0.6 is 11.8 Å². The quantitative estimate of drug-likeness (QED) is 0.787. The van der Waals surface area contributed by atoms with Crippen LogP contribution in [0, 0.1) is 17.8 Å². The average molecular weight is 268 g/mol. The molecule has 2 bridgehead atoms. The molecule has 0 aromatic rings. The zero-order chi connectivity index (χ0) is 12.9. The summed E-state index contributed by atoms with van der Waals surface area (Å²) in [7, 11) is 0. The number of carbonyl (C=O) groups excluding carboxylic acids is 1. The van der Waals surface area contributed by atoms with Crippen LogP contribution in [-0.4, -0.2) is 40.4 Å². The van der Waals surface area contributed by atoms with Crippen molar-refractivity contribution < 1.29 is 4.79 Å². The van der Waals surface area contributed by atoms with Crippen molar-refractivity contribution in [3.8, 4) is 0 Å².